The van der Waals surface area contributed by atoms with Crippen molar-refractivity contribution in [3.8, 4) is 22.4 Å². The second-order valence-electron chi connectivity index (χ2n) is 7.28. The molecule has 1 aromatic carbocycles. The Labute approximate surface area is 185 Å². The summed E-state index contributed by atoms with van der Waals surface area (Å²) in [5.74, 6) is 1.40. The van der Waals surface area contributed by atoms with Crippen molar-refractivity contribution in [2.45, 2.75) is 25.4 Å². The first-order chi connectivity index (χ1) is 15.2. The lowest BCUT2D eigenvalue weighted by Gasteiger charge is -2.32. The van der Waals surface area contributed by atoms with Crippen LogP contribution < -0.4 is 20.7 Å². The molecule has 8 nitrogen and oxygen atoms in total. The molecule has 0 aliphatic carbocycles. The molecule has 3 aromatic rings. The molecule has 9 heteroatoms. The number of thiophene rings is 1. The summed E-state index contributed by atoms with van der Waals surface area (Å²) in [6.07, 6.45) is 0.982. The number of methoxy groups -OCH3 is 1. The normalized spacial score (nSPS) is 17.0. The molecule has 162 valence electrons. The molecular formula is C22H26N6O2S. The smallest absolute Gasteiger partial charge is 0.152 e. The van der Waals surface area contributed by atoms with Crippen molar-refractivity contribution < 1.29 is 9.47 Å². The summed E-state index contributed by atoms with van der Waals surface area (Å²) in [4.78, 5) is 1.64. The maximum absolute atomic E-state index is 9.02. The van der Waals surface area contributed by atoms with Crippen molar-refractivity contribution in [3.05, 3.63) is 41.3 Å². The van der Waals surface area contributed by atoms with Gasteiger partial charge in [0, 0.05) is 30.4 Å². The molecule has 1 fully saturated rings. The van der Waals surface area contributed by atoms with Gasteiger partial charge in [0.1, 0.15) is 16.7 Å². The van der Waals surface area contributed by atoms with Crippen molar-refractivity contribution in [2.24, 2.45) is 0 Å². The van der Waals surface area contributed by atoms with Crippen LogP contribution in [0, 0.1) is 11.3 Å². The molecule has 2 unspecified atom stereocenters. The summed E-state index contributed by atoms with van der Waals surface area (Å²) in [5, 5.41) is 26.8. The molecule has 0 amide bonds. The minimum Gasteiger partial charge on any atom is -0.494 e. The Hall–Kier alpha value is -3.06. The molecule has 0 radical (unpaired) electrons. The number of benzene rings is 1. The van der Waals surface area contributed by atoms with Gasteiger partial charge in [-0.05, 0) is 30.7 Å². The Morgan fingerprint density at radius 2 is 2.26 bits per heavy atom. The molecule has 1 aliphatic heterocycles. The van der Waals surface area contributed by atoms with E-state index in [1.165, 1.54) is 11.3 Å². The standard InChI is InChI=1S/C22H26N6O2S/c1-3-16(19-13-30-9-8-24-19)25-14-4-6-17(20(10-14)29-2)26-22-11-18(27-28-22)21-7-5-15(12-23)31-21/h4-7,10-11,16,19,24-25H,3,8-9,13H2,1-2H3,(H2,26,27,28). The zero-order valence-electron chi connectivity index (χ0n) is 17.6. The zero-order valence-corrected chi connectivity index (χ0v) is 18.4. The number of ether oxygens (including phenoxy) is 2. The van der Waals surface area contributed by atoms with E-state index in [-0.39, 0.29) is 12.1 Å². The van der Waals surface area contributed by atoms with Crippen LogP contribution in [0.15, 0.2) is 36.4 Å². The van der Waals surface area contributed by atoms with Crippen LogP contribution in [0.2, 0.25) is 0 Å². The molecule has 0 bridgehead atoms. The average molecular weight is 439 g/mol. The molecule has 4 rings (SSSR count). The van der Waals surface area contributed by atoms with Crippen LogP contribution in [0.5, 0.6) is 5.75 Å². The maximum atomic E-state index is 9.02. The van der Waals surface area contributed by atoms with Gasteiger partial charge in [0.25, 0.3) is 0 Å². The highest BCUT2D eigenvalue weighted by atomic mass is 32.1. The molecule has 1 aliphatic rings. The van der Waals surface area contributed by atoms with Crippen LogP contribution in [-0.4, -0.2) is 49.1 Å². The number of morpholine rings is 1. The van der Waals surface area contributed by atoms with E-state index in [2.05, 4.69) is 39.1 Å². The highest BCUT2D eigenvalue weighted by molar-refractivity contribution is 7.15. The predicted molar refractivity (Wildman–Crippen MR) is 123 cm³/mol. The average Bonchev–Trinajstić information content (AvgIpc) is 3.48. The van der Waals surface area contributed by atoms with Crippen molar-refractivity contribution in [2.75, 3.05) is 37.5 Å². The SMILES string of the molecule is CCC(Nc1ccc(Nc2cc(-c3ccc(C#N)s3)[nH]n2)c(OC)c1)C1COCCN1. The highest BCUT2D eigenvalue weighted by Crippen LogP contribution is 2.33. The van der Waals surface area contributed by atoms with Crippen LogP contribution in [0.25, 0.3) is 10.6 Å². The second kappa shape index (κ2) is 9.83. The van der Waals surface area contributed by atoms with Gasteiger partial charge in [-0.25, -0.2) is 0 Å². The lowest BCUT2D eigenvalue weighted by molar-refractivity contribution is 0.0704. The van der Waals surface area contributed by atoms with Gasteiger partial charge >= 0.3 is 0 Å². The van der Waals surface area contributed by atoms with Crippen molar-refractivity contribution in [1.29, 1.82) is 5.26 Å². The largest absolute Gasteiger partial charge is 0.494 e. The van der Waals surface area contributed by atoms with Gasteiger partial charge < -0.3 is 25.4 Å². The third-order valence-corrected chi connectivity index (χ3v) is 6.27. The minimum atomic E-state index is 0.266. The fraction of sp³-hybridized carbons (Fsp3) is 0.364. The van der Waals surface area contributed by atoms with Crippen LogP contribution in [0.4, 0.5) is 17.2 Å². The molecule has 2 aromatic heterocycles. The first kappa shape index (κ1) is 21.2. The Morgan fingerprint density at radius 3 is 2.97 bits per heavy atom. The Morgan fingerprint density at radius 1 is 1.35 bits per heavy atom. The lowest BCUT2D eigenvalue weighted by Crippen LogP contribution is -2.51. The number of anilines is 3. The van der Waals surface area contributed by atoms with Gasteiger partial charge in [0.2, 0.25) is 0 Å². The van der Waals surface area contributed by atoms with E-state index in [9.17, 15) is 0 Å². The van der Waals surface area contributed by atoms with Crippen molar-refractivity contribution in [1.82, 2.24) is 15.5 Å². The first-order valence-electron chi connectivity index (χ1n) is 10.3. The van der Waals surface area contributed by atoms with E-state index in [1.807, 2.05) is 30.3 Å². The number of nitrogens with zero attached hydrogens (tertiary/aromatic N) is 2. The number of aromatic nitrogens is 2. The van der Waals surface area contributed by atoms with E-state index < -0.39 is 0 Å². The fourth-order valence-corrected chi connectivity index (χ4v) is 4.39. The Balaban J connectivity index is 1.46. The van der Waals surface area contributed by atoms with Crippen LogP contribution in [0.1, 0.15) is 18.2 Å². The molecular weight excluding hydrogens is 412 g/mol. The second-order valence-corrected chi connectivity index (χ2v) is 8.36. The number of nitriles is 1. The monoisotopic (exact) mass is 438 g/mol. The van der Waals surface area contributed by atoms with Crippen molar-refractivity contribution in [3.63, 3.8) is 0 Å². The van der Waals surface area contributed by atoms with Gasteiger partial charge in [0.05, 0.1) is 42.6 Å². The van der Waals surface area contributed by atoms with Gasteiger partial charge in [-0.1, -0.05) is 6.92 Å². The molecule has 2 atom stereocenters. The summed E-state index contributed by atoms with van der Waals surface area (Å²) < 4.78 is 11.2. The van der Waals surface area contributed by atoms with Crippen LogP contribution >= 0.6 is 11.3 Å². The summed E-state index contributed by atoms with van der Waals surface area (Å²) in [5.41, 5.74) is 2.67. The number of nitrogens with one attached hydrogen (secondary N) is 4. The third kappa shape index (κ3) is 4.99. The van der Waals surface area contributed by atoms with Gasteiger partial charge in [-0.2, -0.15) is 10.4 Å². The molecule has 4 N–H and O–H groups in total. The van der Waals surface area contributed by atoms with E-state index >= 15 is 0 Å². The van der Waals surface area contributed by atoms with E-state index in [4.69, 9.17) is 14.7 Å². The number of H-pyrrole nitrogens is 1. The summed E-state index contributed by atoms with van der Waals surface area (Å²) >= 11 is 1.43. The van der Waals surface area contributed by atoms with E-state index in [0.717, 1.165) is 47.3 Å². The van der Waals surface area contributed by atoms with Gasteiger partial charge in [0.15, 0.2) is 5.82 Å². The minimum absolute atomic E-state index is 0.266. The highest BCUT2D eigenvalue weighted by Gasteiger charge is 2.22. The molecule has 3 heterocycles. The zero-order chi connectivity index (χ0) is 21.6. The van der Waals surface area contributed by atoms with Crippen LogP contribution in [0.3, 0.4) is 0 Å². The molecule has 31 heavy (non-hydrogen) atoms. The quantitative estimate of drug-likeness (QED) is 0.422. The van der Waals surface area contributed by atoms with Crippen LogP contribution in [-0.2, 0) is 4.74 Å². The number of aromatic amines is 1. The maximum Gasteiger partial charge on any atom is 0.152 e. The molecule has 0 spiro atoms. The molecule has 0 saturated carbocycles. The first-order valence-corrected chi connectivity index (χ1v) is 11.1. The predicted octanol–water partition coefficient (Wildman–Crippen LogP) is 3.94. The number of rotatable bonds is 8. The third-order valence-electron chi connectivity index (χ3n) is 5.25. The summed E-state index contributed by atoms with van der Waals surface area (Å²) in [7, 11) is 1.66. The van der Waals surface area contributed by atoms with E-state index in [1.54, 1.807) is 13.2 Å². The summed E-state index contributed by atoms with van der Waals surface area (Å²) in [6, 6.07) is 14.3. The number of hydrogen-bond donors (Lipinski definition) is 4. The molecule has 1 saturated heterocycles. The summed E-state index contributed by atoms with van der Waals surface area (Å²) in [6.45, 7) is 4.53. The van der Waals surface area contributed by atoms with E-state index in [0.29, 0.717) is 17.3 Å². The Kier molecular flexibility index (Phi) is 6.72. The number of hydrogen-bond acceptors (Lipinski definition) is 8. The lowest BCUT2D eigenvalue weighted by atomic mass is 10.0. The topological polar surface area (TPSA) is 107 Å². The van der Waals surface area contributed by atoms with Crippen molar-refractivity contribution >= 4 is 28.5 Å². The van der Waals surface area contributed by atoms with Gasteiger partial charge in [-0.3, -0.25) is 5.10 Å². The van der Waals surface area contributed by atoms with Gasteiger partial charge in [-0.15, -0.1) is 11.3 Å². The fourth-order valence-electron chi connectivity index (χ4n) is 3.62. The Bertz CT molecular complexity index is 1050.